The highest BCUT2D eigenvalue weighted by Crippen LogP contribution is 2.13. The zero-order valence-corrected chi connectivity index (χ0v) is 20.6. The van der Waals surface area contributed by atoms with Crippen LogP contribution in [0.15, 0.2) is 58.5 Å². The molecule has 35 heavy (non-hydrogen) atoms. The molecule has 0 radical (unpaired) electrons. The Labute approximate surface area is 213 Å². The van der Waals surface area contributed by atoms with Gasteiger partial charge >= 0.3 is 5.97 Å². The van der Waals surface area contributed by atoms with Gasteiger partial charge in [0.05, 0.1) is 48.6 Å². The van der Waals surface area contributed by atoms with Gasteiger partial charge in [-0.2, -0.15) is 20.4 Å². The van der Waals surface area contributed by atoms with E-state index >= 15 is 0 Å². The maximum atomic E-state index is 11.8. The lowest BCUT2D eigenvalue weighted by Gasteiger charge is -2.05. The van der Waals surface area contributed by atoms with Crippen molar-refractivity contribution in [2.75, 3.05) is 22.5 Å². The summed E-state index contributed by atoms with van der Waals surface area (Å²) in [5, 5.41) is 25.3. The topological polar surface area (TPSA) is 248 Å². The lowest BCUT2D eigenvalue weighted by atomic mass is 10.3. The van der Waals surface area contributed by atoms with Gasteiger partial charge in [-0.3, -0.25) is 4.79 Å². The molecule has 17 heteroatoms. The lowest BCUT2D eigenvalue weighted by molar-refractivity contribution is 0.0691. The van der Waals surface area contributed by atoms with Gasteiger partial charge in [0.2, 0.25) is 0 Å². The molecule has 0 bridgehead atoms. The molecule has 4 heterocycles. The van der Waals surface area contributed by atoms with E-state index in [1.54, 1.807) is 18.3 Å². The molecule has 4 rings (SSSR count). The summed E-state index contributed by atoms with van der Waals surface area (Å²) >= 11 is 6.09. The number of nitrogens with two attached hydrogens (primary N) is 3. The van der Waals surface area contributed by atoms with Gasteiger partial charge in [0.1, 0.15) is 9.21 Å². The van der Waals surface area contributed by atoms with Crippen LogP contribution in [0.2, 0.25) is 0 Å². The van der Waals surface area contributed by atoms with Gasteiger partial charge < -0.3 is 27.6 Å². The normalized spacial score (nSPS) is 9.54. The van der Waals surface area contributed by atoms with E-state index in [1.165, 1.54) is 31.0 Å². The van der Waals surface area contributed by atoms with Gasteiger partial charge in [0, 0.05) is 0 Å². The lowest BCUT2D eigenvalue weighted by Crippen LogP contribution is -2.17. The van der Waals surface area contributed by atoms with Crippen molar-refractivity contribution in [1.82, 2.24) is 40.3 Å². The van der Waals surface area contributed by atoms with Crippen molar-refractivity contribution in [2.24, 2.45) is 0 Å². The fraction of sp³-hybridized carbons (Fsp3) is 0. The Morgan fingerprint density at radius 2 is 1.31 bits per heavy atom. The Kier molecular flexibility index (Phi) is 10.3. The first-order valence-electron chi connectivity index (χ1n) is 9.07. The number of amides is 1. The number of halogens is 2. The third-order valence-electron chi connectivity index (χ3n) is 3.41. The highest BCUT2D eigenvalue weighted by atomic mass is 79.9. The molecule has 0 aromatic carbocycles. The Morgan fingerprint density at radius 3 is 1.74 bits per heavy atom. The number of carbonyl (C=O) groups is 2. The van der Waals surface area contributed by atoms with Gasteiger partial charge in [-0.05, 0) is 44.0 Å². The van der Waals surface area contributed by atoms with Crippen LogP contribution in [0.25, 0.3) is 0 Å². The molecule has 1 amide bonds. The smallest absolute Gasteiger partial charge is 0.358 e. The molecule has 0 saturated heterocycles. The van der Waals surface area contributed by atoms with Crippen LogP contribution in [0.5, 0.6) is 0 Å². The second-order valence-corrected chi connectivity index (χ2v) is 7.54. The zero-order valence-electron chi connectivity index (χ0n) is 17.4. The monoisotopic (exact) mass is 606 g/mol. The predicted molar refractivity (Wildman–Crippen MR) is 132 cm³/mol. The van der Waals surface area contributed by atoms with Crippen LogP contribution in [0.1, 0.15) is 21.0 Å². The highest BCUT2D eigenvalue weighted by Gasteiger charge is 2.13. The Balaban J connectivity index is 0.000000205. The van der Waals surface area contributed by atoms with E-state index in [9.17, 15) is 9.59 Å². The molecule has 0 aliphatic rings. The first kappa shape index (κ1) is 26.9. The largest absolute Gasteiger partial charge is 0.476 e. The fourth-order valence-corrected chi connectivity index (χ4v) is 2.49. The summed E-state index contributed by atoms with van der Waals surface area (Å²) in [7, 11) is 0. The second-order valence-electron chi connectivity index (χ2n) is 5.92. The van der Waals surface area contributed by atoms with Crippen LogP contribution in [0, 0.1) is 0 Å². The number of carboxylic acids is 1. The van der Waals surface area contributed by atoms with E-state index in [0.717, 1.165) is 0 Å². The molecule has 0 fully saturated rings. The average Bonchev–Trinajstić information content (AvgIpc) is 2.84. The number of nitrogen functional groups attached to an aromatic ring is 3. The van der Waals surface area contributed by atoms with E-state index in [0.29, 0.717) is 20.6 Å². The Hall–Kier alpha value is -4.38. The molecule has 15 nitrogen and oxygen atoms in total. The van der Waals surface area contributed by atoms with Crippen molar-refractivity contribution in [3.8, 4) is 0 Å². The van der Waals surface area contributed by atoms with Gasteiger partial charge in [-0.15, -0.1) is 0 Å². The summed E-state index contributed by atoms with van der Waals surface area (Å²) in [6.45, 7) is 0. The van der Waals surface area contributed by atoms with Crippen LogP contribution in [0.4, 0.5) is 23.0 Å². The molecule has 0 aliphatic heterocycles. The minimum atomic E-state index is -1.18. The van der Waals surface area contributed by atoms with Crippen molar-refractivity contribution >= 4 is 66.7 Å². The van der Waals surface area contributed by atoms with E-state index in [1.807, 2.05) is 0 Å². The summed E-state index contributed by atoms with van der Waals surface area (Å²) in [6.07, 6.45) is 8.68. The minimum Gasteiger partial charge on any atom is -0.476 e. The van der Waals surface area contributed by atoms with Gasteiger partial charge in [-0.25, -0.2) is 24.7 Å². The summed E-state index contributed by atoms with van der Waals surface area (Å²) in [6, 6.07) is 3.29. The fourth-order valence-electron chi connectivity index (χ4n) is 1.93. The van der Waals surface area contributed by atoms with Crippen molar-refractivity contribution < 1.29 is 14.7 Å². The molecular formula is C18H16Br2N12O3. The number of carboxylic acid groups (broad SMARTS) is 1. The van der Waals surface area contributed by atoms with Crippen molar-refractivity contribution in [2.45, 2.75) is 0 Å². The van der Waals surface area contributed by atoms with E-state index in [4.69, 9.17) is 22.3 Å². The van der Waals surface area contributed by atoms with Crippen molar-refractivity contribution in [3.63, 3.8) is 0 Å². The summed E-state index contributed by atoms with van der Waals surface area (Å²) in [4.78, 5) is 37.2. The van der Waals surface area contributed by atoms with Crippen molar-refractivity contribution in [1.29, 1.82) is 0 Å². The summed E-state index contributed by atoms with van der Waals surface area (Å²) in [5.74, 6) is -1.66. The summed E-state index contributed by atoms with van der Waals surface area (Å²) in [5.41, 5.74) is 17.0. The van der Waals surface area contributed by atoms with E-state index < -0.39 is 11.9 Å². The standard InChI is InChI=1S/C9H7BrN6O.C5H4BrN3O2.C4H5N3/c10-6-4-12-8(11)7(16-6)9(17)15-5-1-2-13-14-3-5;6-2-1-8-4(7)3(9-2)5(10)11;5-4-1-2-6-7-3-4/h1-4H,(H2,11,12)(H,13,15,17);1H,(H2,7,8)(H,10,11);1-3H,(H2,5,6). The number of carbonyl (C=O) groups excluding carboxylic acids is 1. The zero-order chi connectivity index (χ0) is 25.8. The van der Waals surface area contributed by atoms with Crippen LogP contribution in [-0.4, -0.2) is 57.3 Å². The molecule has 4 aromatic heterocycles. The number of rotatable bonds is 3. The first-order valence-corrected chi connectivity index (χ1v) is 10.7. The summed E-state index contributed by atoms with van der Waals surface area (Å²) < 4.78 is 0.786. The van der Waals surface area contributed by atoms with Crippen LogP contribution >= 0.6 is 31.9 Å². The number of hydrogen-bond acceptors (Lipinski definition) is 13. The first-order chi connectivity index (χ1) is 16.7. The minimum absolute atomic E-state index is 0.0520. The second kappa shape index (κ2) is 13.4. The van der Waals surface area contributed by atoms with Crippen LogP contribution < -0.4 is 22.5 Å². The predicted octanol–water partition coefficient (Wildman–Crippen LogP) is 1.44. The highest BCUT2D eigenvalue weighted by molar-refractivity contribution is 9.10. The van der Waals surface area contributed by atoms with Crippen LogP contribution in [-0.2, 0) is 0 Å². The number of aromatic nitrogens is 8. The number of aromatic carboxylic acids is 1. The number of nitrogens with zero attached hydrogens (tertiary/aromatic N) is 8. The maximum absolute atomic E-state index is 11.8. The quantitative estimate of drug-likeness (QED) is 0.221. The van der Waals surface area contributed by atoms with Gasteiger partial charge in [-0.1, -0.05) is 0 Å². The molecule has 0 spiro atoms. The number of hydrogen-bond donors (Lipinski definition) is 5. The molecule has 4 aromatic rings. The SMILES string of the molecule is Nc1ccnnc1.Nc1ncc(Br)nc1C(=O)Nc1ccnnc1.Nc1ncc(Br)nc1C(=O)O. The third kappa shape index (κ3) is 9.18. The molecule has 180 valence electrons. The number of nitrogens with one attached hydrogen (secondary N) is 1. The molecule has 0 aliphatic carbocycles. The molecule has 0 unspecified atom stereocenters. The molecule has 0 saturated carbocycles. The van der Waals surface area contributed by atoms with E-state index in [-0.39, 0.29) is 23.0 Å². The Morgan fingerprint density at radius 1 is 0.771 bits per heavy atom. The third-order valence-corrected chi connectivity index (χ3v) is 4.17. The Bertz CT molecular complexity index is 1280. The van der Waals surface area contributed by atoms with Crippen molar-refractivity contribution in [3.05, 3.63) is 69.9 Å². The van der Waals surface area contributed by atoms with Gasteiger partial charge in [0.25, 0.3) is 5.91 Å². The molecule has 8 N–H and O–H groups in total. The molecule has 0 atom stereocenters. The average molecular weight is 608 g/mol. The molecular weight excluding hydrogens is 592 g/mol. The maximum Gasteiger partial charge on any atom is 0.358 e. The number of anilines is 4. The van der Waals surface area contributed by atoms with Gasteiger partial charge in [0.15, 0.2) is 23.0 Å². The van der Waals surface area contributed by atoms with Crippen LogP contribution in [0.3, 0.4) is 0 Å². The van der Waals surface area contributed by atoms with E-state index in [2.05, 4.69) is 77.5 Å².